The summed E-state index contributed by atoms with van der Waals surface area (Å²) >= 11 is 1.30. The molecule has 3 aliphatic rings. The lowest BCUT2D eigenvalue weighted by Crippen LogP contribution is -2.52. The highest BCUT2D eigenvalue weighted by molar-refractivity contribution is 7.21. The van der Waals surface area contributed by atoms with Gasteiger partial charge in [0.1, 0.15) is 5.54 Å². The van der Waals surface area contributed by atoms with Crippen molar-refractivity contribution in [2.24, 2.45) is 11.5 Å². The summed E-state index contributed by atoms with van der Waals surface area (Å²) in [6, 6.07) is 6.41. The number of nitrogens with one attached hydrogen (secondary N) is 2. The number of thiophene rings is 1. The molecule has 6 rings (SSSR count). The quantitative estimate of drug-likeness (QED) is 0.333. The second-order valence-corrected chi connectivity index (χ2v) is 11.7. The number of nitrogens with two attached hydrogens (primary N) is 3. The van der Waals surface area contributed by atoms with E-state index in [4.69, 9.17) is 17.2 Å². The van der Waals surface area contributed by atoms with Gasteiger partial charge in [-0.05, 0) is 61.6 Å². The molecule has 0 radical (unpaired) electrons. The van der Waals surface area contributed by atoms with Crippen molar-refractivity contribution >= 4 is 38.8 Å². The topological polar surface area (TPSA) is 149 Å². The number of benzene rings is 1. The number of carbonyl (C=O) groups is 2. The fraction of sp³-hybridized carbons (Fsp3) is 0.464. The molecule has 3 unspecified atom stereocenters. The molecule has 8 N–H and O–H groups in total. The summed E-state index contributed by atoms with van der Waals surface area (Å²) in [6.45, 7) is 1.68. The van der Waals surface area contributed by atoms with Gasteiger partial charge in [-0.1, -0.05) is 25.3 Å². The molecule has 0 spiro atoms. The smallest absolute Gasteiger partial charge is 0.262 e. The molecule has 1 saturated carbocycles. The van der Waals surface area contributed by atoms with Crippen molar-refractivity contribution in [3.8, 4) is 0 Å². The number of amides is 1. The number of nitrogen functional groups attached to an aromatic ring is 1. The Hall–Kier alpha value is -2.85. The number of aromatic nitrogens is 1. The molecule has 9 heteroatoms. The predicted octanol–water partition coefficient (Wildman–Crippen LogP) is 3.19. The van der Waals surface area contributed by atoms with Crippen LogP contribution in [-0.4, -0.2) is 35.8 Å². The fourth-order valence-corrected chi connectivity index (χ4v) is 7.59. The lowest BCUT2D eigenvalue weighted by atomic mass is 9.70. The molecule has 3 aromatic rings. The van der Waals surface area contributed by atoms with Gasteiger partial charge in [0.05, 0.1) is 15.6 Å². The molecule has 3 heterocycles. The van der Waals surface area contributed by atoms with Gasteiger partial charge in [0.15, 0.2) is 5.78 Å². The Morgan fingerprint density at radius 2 is 1.95 bits per heavy atom. The third kappa shape index (κ3) is 3.96. The molecule has 194 valence electrons. The van der Waals surface area contributed by atoms with Gasteiger partial charge >= 0.3 is 0 Å². The van der Waals surface area contributed by atoms with Crippen LogP contribution in [0.4, 0.5) is 5.69 Å². The van der Waals surface area contributed by atoms with E-state index in [1.165, 1.54) is 30.6 Å². The van der Waals surface area contributed by atoms with E-state index in [1.54, 1.807) is 12.3 Å². The van der Waals surface area contributed by atoms with Crippen molar-refractivity contribution in [1.29, 1.82) is 0 Å². The molecule has 3 atom stereocenters. The van der Waals surface area contributed by atoms with Gasteiger partial charge < -0.3 is 27.8 Å². The first-order valence-corrected chi connectivity index (χ1v) is 14.1. The molecule has 8 nitrogen and oxygen atoms in total. The van der Waals surface area contributed by atoms with E-state index in [-0.39, 0.29) is 17.7 Å². The van der Waals surface area contributed by atoms with E-state index in [1.807, 2.05) is 18.2 Å². The molecule has 2 aromatic heterocycles. The summed E-state index contributed by atoms with van der Waals surface area (Å²) < 4.78 is 0.749. The number of Topliss-reactive ketones (excluding diaryl/α,β-unsaturated/α-hetero) is 1. The summed E-state index contributed by atoms with van der Waals surface area (Å²) in [7, 11) is 0. The van der Waals surface area contributed by atoms with Crippen molar-refractivity contribution in [3.05, 3.63) is 57.7 Å². The zero-order valence-electron chi connectivity index (χ0n) is 20.9. The van der Waals surface area contributed by atoms with Crippen molar-refractivity contribution in [2.75, 3.05) is 18.8 Å². The van der Waals surface area contributed by atoms with Gasteiger partial charge in [0, 0.05) is 47.0 Å². The van der Waals surface area contributed by atoms with Crippen LogP contribution in [-0.2, 0) is 10.3 Å². The van der Waals surface area contributed by atoms with Crippen LogP contribution in [0.2, 0.25) is 0 Å². The Morgan fingerprint density at radius 3 is 2.70 bits per heavy atom. The Bertz CT molecular complexity index is 1370. The van der Waals surface area contributed by atoms with Crippen molar-refractivity contribution in [3.63, 3.8) is 0 Å². The van der Waals surface area contributed by atoms with E-state index < -0.39 is 11.6 Å². The summed E-state index contributed by atoms with van der Waals surface area (Å²) in [4.78, 5) is 32.6. The third-order valence-electron chi connectivity index (χ3n) is 8.41. The molecule has 1 aromatic carbocycles. The van der Waals surface area contributed by atoms with Crippen LogP contribution in [0.5, 0.6) is 0 Å². The van der Waals surface area contributed by atoms with Crippen LogP contribution in [0.1, 0.15) is 89.0 Å². The summed E-state index contributed by atoms with van der Waals surface area (Å²) in [5.41, 5.74) is 22.0. The minimum absolute atomic E-state index is 0.0367. The van der Waals surface area contributed by atoms with E-state index >= 15 is 0 Å². The first kappa shape index (κ1) is 24.5. The number of carbonyl (C=O) groups excluding carboxylic acids is 2. The summed E-state index contributed by atoms with van der Waals surface area (Å²) in [5, 5.41) is 7.18. The molecule has 1 amide bonds. The Balaban J connectivity index is 1.47. The van der Waals surface area contributed by atoms with Crippen LogP contribution in [0.25, 0.3) is 10.1 Å². The highest BCUT2D eigenvalue weighted by atomic mass is 32.1. The number of hydrogen-bond acceptors (Lipinski definition) is 8. The first-order chi connectivity index (χ1) is 17.9. The molecule has 2 fully saturated rings. The highest BCUT2D eigenvalue weighted by Gasteiger charge is 2.49. The Labute approximate surface area is 220 Å². The van der Waals surface area contributed by atoms with Gasteiger partial charge in [-0.2, -0.15) is 0 Å². The lowest BCUT2D eigenvalue weighted by Gasteiger charge is -2.37. The van der Waals surface area contributed by atoms with Gasteiger partial charge in [0.25, 0.3) is 5.91 Å². The standard InChI is InChI=1S/C28H34N6O2S/c29-19-9-8-18-21-22(25(37-24(19)21)27(36)34-17-7-4-11-32-14-17)23(30)26(35)28(18,31)16-10-12-33-20(13-16)15-5-2-1-3-6-15/h8-10,12-13,15,17,23,32H,1-7,11,14,29-31H2,(H,34,36). The van der Waals surface area contributed by atoms with Crippen LogP contribution in [0, 0.1) is 0 Å². The number of hydrogen-bond donors (Lipinski definition) is 5. The highest BCUT2D eigenvalue weighted by Crippen LogP contribution is 2.49. The van der Waals surface area contributed by atoms with Crippen molar-refractivity contribution in [2.45, 2.75) is 68.5 Å². The maximum atomic E-state index is 14.0. The lowest BCUT2D eigenvalue weighted by molar-refractivity contribution is -0.124. The van der Waals surface area contributed by atoms with Gasteiger partial charge in [-0.3, -0.25) is 14.6 Å². The maximum Gasteiger partial charge on any atom is 0.262 e. The number of nitrogens with zero attached hydrogens (tertiary/aromatic N) is 1. The van der Waals surface area contributed by atoms with Crippen LogP contribution < -0.4 is 27.8 Å². The SMILES string of the molecule is Nc1ccc2c3c(c(C(=O)NC4CCCNC4)sc13)C(N)C(=O)C2(N)c1ccnc(C2CCCCC2)c1. The molecular formula is C28H34N6O2S. The molecule has 2 aliphatic carbocycles. The van der Waals surface area contributed by atoms with Gasteiger partial charge in [-0.15, -0.1) is 11.3 Å². The fourth-order valence-electron chi connectivity index (χ4n) is 6.39. The number of piperidine rings is 1. The van der Waals surface area contributed by atoms with Crippen LogP contribution in [0.15, 0.2) is 30.5 Å². The number of anilines is 1. The number of pyridine rings is 1. The van der Waals surface area contributed by atoms with Gasteiger partial charge in [-0.25, -0.2) is 0 Å². The van der Waals surface area contributed by atoms with E-state index in [2.05, 4.69) is 15.6 Å². The van der Waals surface area contributed by atoms with E-state index in [0.717, 1.165) is 54.6 Å². The number of rotatable bonds is 4. The van der Waals surface area contributed by atoms with Crippen molar-refractivity contribution < 1.29 is 9.59 Å². The summed E-state index contributed by atoms with van der Waals surface area (Å²) in [5.74, 6) is -0.164. The minimum atomic E-state index is -1.45. The average Bonchev–Trinajstić information content (AvgIpc) is 3.34. The Kier molecular flexibility index (Phi) is 6.27. The molecule has 37 heavy (non-hydrogen) atoms. The van der Waals surface area contributed by atoms with Gasteiger partial charge in [0.2, 0.25) is 0 Å². The summed E-state index contributed by atoms with van der Waals surface area (Å²) in [6.07, 6.45) is 9.48. The molecule has 1 aliphatic heterocycles. The van der Waals surface area contributed by atoms with E-state index in [0.29, 0.717) is 33.2 Å². The average molecular weight is 519 g/mol. The minimum Gasteiger partial charge on any atom is -0.398 e. The number of ketones is 1. The van der Waals surface area contributed by atoms with E-state index in [9.17, 15) is 9.59 Å². The predicted molar refractivity (Wildman–Crippen MR) is 147 cm³/mol. The second-order valence-electron chi connectivity index (χ2n) is 10.7. The van der Waals surface area contributed by atoms with Crippen molar-refractivity contribution in [1.82, 2.24) is 15.6 Å². The second kappa shape index (κ2) is 9.47. The van der Waals surface area contributed by atoms with Crippen LogP contribution >= 0.6 is 11.3 Å². The molecular weight excluding hydrogens is 484 g/mol. The largest absolute Gasteiger partial charge is 0.398 e. The Morgan fingerprint density at radius 1 is 1.14 bits per heavy atom. The molecule has 0 bridgehead atoms. The normalized spacial score (nSPS) is 26.4. The maximum absolute atomic E-state index is 14.0. The van der Waals surface area contributed by atoms with Crippen LogP contribution in [0.3, 0.4) is 0 Å². The monoisotopic (exact) mass is 518 g/mol. The third-order valence-corrected chi connectivity index (χ3v) is 9.66. The first-order valence-electron chi connectivity index (χ1n) is 13.3. The zero-order chi connectivity index (χ0) is 25.7. The molecule has 1 saturated heterocycles. The zero-order valence-corrected chi connectivity index (χ0v) is 21.7.